The number of nitrogens with one attached hydrogen (secondary N) is 2. The van der Waals surface area contributed by atoms with Gasteiger partial charge in [-0.05, 0) is 25.1 Å². The van der Waals surface area contributed by atoms with E-state index in [1.165, 1.54) is 12.1 Å². The van der Waals surface area contributed by atoms with E-state index >= 15 is 0 Å². The van der Waals surface area contributed by atoms with Crippen LogP contribution in [0.4, 0.5) is 24.5 Å². The molecule has 4 aromatic rings. The van der Waals surface area contributed by atoms with Crippen LogP contribution in [-0.4, -0.2) is 28.8 Å². The van der Waals surface area contributed by atoms with Crippen molar-refractivity contribution in [3.05, 3.63) is 71.9 Å². The molecule has 0 aliphatic rings. The Hall–Kier alpha value is -3.88. The number of aromatic nitrogens is 2. The molecular weight excluding hydrogens is 409 g/mol. The van der Waals surface area contributed by atoms with Gasteiger partial charge >= 0.3 is 6.18 Å². The third-order valence-electron chi connectivity index (χ3n) is 4.59. The van der Waals surface area contributed by atoms with Crippen LogP contribution >= 0.6 is 0 Å². The Kier molecular flexibility index (Phi) is 5.33. The lowest BCUT2D eigenvalue weighted by atomic mass is 10.0. The summed E-state index contributed by atoms with van der Waals surface area (Å²) < 4.78 is 43.1. The van der Waals surface area contributed by atoms with E-state index in [0.29, 0.717) is 16.8 Å². The molecule has 0 saturated carbocycles. The quantitative estimate of drug-likeness (QED) is 0.445. The van der Waals surface area contributed by atoms with Gasteiger partial charge in [-0.3, -0.25) is 4.79 Å². The molecule has 2 aromatic carbocycles. The minimum atomic E-state index is -4.39. The summed E-state index contributed by atoms with van der Waals surface area (Å²) in [5, 5.41) is 9.34. The smallest absolute Gasteiger partial charge is 0.375 e. The zero-order chi connectivity index (χ0) is 22.0. The van der Waals surface area contributed by atoms with E-state index in [1.807, 2.05) is 30.3 Å². The Morgan fingerprint density at radius 2 is 1.71 bits per heavy atom. The highest BCUT2D eigenvalue weighted by Gasteiger charge is 2.27. The monoisotopic (exact) mass is 426 g/mol. The Balaban J connectivity index is 1.71. The number of carbonyl (C=O) groups is 1. The molecule has 0 aliphatic carbocycles. The summed E-state index contributed by atoms with van der Waals surface area (Å²) in [7, 11) is 0. The van der Waals surface area contributed by atoms with Crippen LogP contribution in [-0.2, 0) is 0 Å². The highest BCUT2D eigenvalue weighted by atomic mass is 19.4. The molecule has 0 radical (unpaired) electrons. The first-order valence-corrected chi connectivity index (χ1v) is 9.35. The Morgan fingerprint density at radius 1 is 1.03 bits per heavy atom. The predicted octanol–water partition coefficient (Wildman–Crippen LogP) is 5.42. The number of alkyl halides is 3. The highest BCUT2D eigenvalue weighted by molar-refractivity contribution is 6.13. The fourth-order valence-electron chi connectivity index (χ4n) is 3.16. The van der Waals surface area contributed by atoms with Crippen LogP contribution in [0, 0.1) is 6.92 Å². The second-order valence-corrected chi connectivity index (χ2v) is 6.84. The van der Waals surface area contributed by atoms with Gasteiger partial charge in [0, 0.05) is 5.56 Å². The van der Waals surface area contributed by atoms with Crippen molar-refractivity contribution in [2.45, 2.75) is 13.1 Å². The molecule has 0 atom stereocenters. The molecule has 2 N–H and O–H groups in total. The summed E-state index contributed by atoms with van der Waals surface area (Å²) in [5.41, 5.74) is 2.61. The lowest BCUT2D eigenvalue weighted by Gasteiger charge is -2.15. The molecular formula is C22H17F3N4O2. The lowest BCUT2D eigenvalue weighted by Crippen LogP contribution is -2.22. The Morgan fingerprint density at radius 3 is 2.42 bits per heavy atom. The van der Waals surface area contributed by atoms with Crippen LogP contribution in [0.2, 0.25) is 0 Å². The van der Waals surface area contributed by atoms with Gasteiger partial charge in [0.05, 0.1) is 33.7 Å². The van der Waals surface area contributed by atoms with Crippen molar-refractivity contribution in [1.82, 2.24) is 10.1 Å². The Labute approximate surface area is 175 Å². The van der Waals surface area contributed by atoms with Gasteiger partial charge in [-0.1, -0.05) is 47.6 Å². The number of amides is 1. The molecule has 0 spiro atoms. The first-order valence-electron chi connectivity index (χ1n) is 9.35. The minimum Gasteiger partial charge on any atom is -0.375 e. The molecule has 158 valence electrons. The van der Waals surface area contributed by atoms with E-state index in [-0.39, 0.29) is 22.7 Å². The van der Waals surface area contributed by atoms with Crippen molar-refractivity contribution >= 4 is 28.4 Å². The number of aryl methyl sites for hydroxylation is 1. The maximum absolute atomic E-state index is 13.2. The summed E-state index contributed by atoms with van der Waals surface area (Å²) >= 11 is 0. The van der Waals surface area contributed by atoms with E-state index in [1.54, 1.807) is 25.1 Å². The summed E-state index contributed by atoms with van der Waals surface area (Å²) in [5.74, 6) is -0.517. The fraction of sp³-hybridized carbons (Fsp3) is 0.136. The van der Waals surface area contributed by atoms with Crippen molar-refractivity contribution in [2.75, 3.05) is 17.2 Å². The lowest BCUT2D eigenvalue weighted by molar-refractivity contribution is -0.115. The average molecular weight is 426 g/mol. The van der Waals surface area contributed by atoms with Gasteiger partial charge in [0.15, 0.2) is 0 Å². The number of carbonyl (C=O) groups excluding carboxylic acids is 1. The zero-order valence-electron chi connectivity index (χ0n) is 16.3. The zero-order valence-corrected chi connectivity index (χ0v) is 16.3. The van der Waals surface area contributed by atoms with E-state index in [2.05, 4.69) is 20.8 Å². The third kappa shape index (κ3) is 4.50. The second-order valence-electron chi connectivity index (χ2n) is 6.84. The number of para-hydroxylation sites is 2. The maximum Gasteiger partial charge on any atom is 0.405 e. The summed E-state index contributed by atoms with van der Waals surface area (Å²) in [6, 6.07) is 17.0. The average Bonchev–Trinajstić information content (AvgIpc) is 3.13. The van der Waals surface area contributed by atoms with Crippen molar-refractivity contribution < 1.29 is 22.5 Å². The molecule has 0 saturated heterocycles. The van der Waals surface area contributed by atoms with E-state index in [4.69, 9.17) is 4.52 Å². The van der Waals surface area contributed by atoms with Crippen LogP contribution in [0.5, 0.6) is 0 Å². The molecule has 0 bridgehead atoms. The van der Waals surface area contributed by atoms with Gasteiger partial charge in [-0.15, -0.1) is 0 Å². The first-order chi connectivity index (χ1) is 14.8. The number of hydrogen-bond donors (Lipinski definition) is 2. The SMILES string of the molecule is Cc1noc2nc(-c3ccccc3)cc(C(=O)Nc3ccccc3NCC(F)(F)F)c12. The number of rotatable bonds is 5. The van der Waals surface area contributed by atoms with Gasteiger partial charge < -0.3 is 15.2 Å². The van der Waals surface area contributed by atoms with E-state index < -0.39 is 18.6 Å². The third-order valence-corrected chi connectivity index (χ3v) is 4.59. The summed E-state index contributed by atoms with van der Waals surface area (Å²) in [4.78, 5) is 17.6. The number of hydrogen-bond acceptors (Lipinski definition) is 5. The number of nitrogens with zero attached hydrogens (tertiary/aromatic N) is 2. The van der Waals surface area contributed by atoms with Crippen molar-refractivity contribution in [1.29, 1.82) is 0 Å². The van der Waals surface area contributed by atoms with Gasteiger partial charge in [0.25, 0.3) is 11.6 Å². The van der Waals surface area contributed by atoms with Gasteiger partial charge in [-0.2, -0.15) is 13.2 Å². The molecule has 6 nitrogen and oxygen atoms in total. The molecule has 0 fully saturated rings. The van der Waals surface area contributed by atoms with Crippen LogP contribution in [0.3, 0.4) is 0 Å². The topological polar surface area (TPSA) is 80.0 Å². The van der Waals surface area contributed by atoms with Gasteiger partial charge in [-0.25, -0.2) is 4.98 Å². The Bertz CT molecular complexity index is 1240. The second kappa shape index (κ2) is 8.10. The van der Waals surface area contributed by atoms with Gasteiger partial charge in [0.2, 0.25) is 0 Å². The van der Waals surface area contributed by atoms with Crippen molar-refractivity contribution in [3.63, 3.8) is 0 Å². The molecule has 1 amide bonds. The molecule has 2 aromatic heterocycles. The largest absolute Gasteiger partial charge is 0.405 e. The molecule has 2 heterocycles. The molecule has 0 unspecified atom stereocenters. The summed E-state index contributed by atoms with van der Waals surface area (Å²) in [6.45, 7) is 0.466. The normalized spacial score (nSPS) is 11.5. The highest BCUT2D eigenvalue weighted by Crippen LogP contribution is 2.29. The number of pyridine rings is 1. The van der Waals surface area contributed by atoms with Crippen molar-refractivity contribution in [2.24, 2.45) is 0 Å². The minimum absolute atomic E-state index is 0.156. The van der Waals surface area contributed by atoms with Crippen LogP contribution in [0.1, 0.15) is 16.1 Å². The summed E-state index contributed by atoms with van der Waals surface area (Å²) in [6.07, 6.45) is -4.39. The molecule has 4 rings (SSSR count). The van der Waals surface area contributed by atoms with E-state index in [9.17, 15) is 18.0 Å². The maximum atomic E-state index is 13.2. The fourth-order valence-corrected chi connectivity index (χ4v) is 3.16. The standard InChI is InChI=1S/C22H17F3N4O2/c1-13-19-15(11-18(28-21(19)31-29-13)14-7-3-2-4-8-14)20(30)27-17-10-6-5-9-16(17)26-12-22(23,24)25/h2-11,26H,12H2,1H3,(H,27,30). The van der Waals surface area contributed by atoms with Gasteiger partial charge in [0.1, 0.15) is 6.54 Å². The molecule has 0 aliphatic heterocycles. The first kappa shape index (κ1) is 20.4. The van der Waals surface area contributed by atoms with Crippen molar-refractivity contribution in [3.8, 4) is 11.3 Å². The molecule has 31 heavy (non-hydrogen) atoms. The predicted molar refractivity (Wildman–Crippen MR) is 111 cm³/mol. The van der Waals surface area contributed by atoms with Crippen LogP contribution in [0.25, 0.3) is 22.4 Å². The van der Waals surface area contributed by atoms with E-state index in [0.717, 1.165) is 5.56 Å². The number of benzene rings is 2. The number of fused-ring (bicyclic) bond motifs is 1. The number of anilines is 2. The number of halogens is 3. The van der Waals surface area contributed by atoms with Crippen LogP contribution < -0.4 is 10.6 Å². The van der Waals surface area contributed by atoms with Crippen LogP contribution in [0.15, 0.2) is 65.2 Å². The molecule has 9 heteroatoms.